The summed E-state index contributed by atoms with van der Waals surface area (Å²) in [6.45, 7) is 1.99. The topological polar surface area (TPSA) is 56.2 Å². The second-order valence-electron chi connectivity index (χ2n) is 2.47. The van der Waals surface area contributed by atoms with E-state index < -0.39 is 0 Å². The van der Waals surface area contributed by atoms with Crippen LogP contribution in [0, 0.1) is 6.92 Å². The SMILES string of the molecule is Cc1cnn2cnc(N)cc12. The van der Waals surface area contributed by atoms with Gasteiger partial charge in [-0.1, -0.05) is 0 Å². The van der Waals surface area contributed by atoms with Gasteiger partial charge in [0.2, 0.25) is 0 Å². The predicted molar refractivity (Wildman–Crippen MR) is 42.1 cm³/mol. The summed E-state index contributed by atoms with van der Waals surface area (Å²) in [5.41, 5.74) is 7.62. The molecule has 11 heavy (non-hydrogen) atoms. The van der Waals surface area contributed by atoms with E-state index in [1.807, 2.05) is 13.0 Å². The highest BCUT2D eigenvalue weighted by atomic mass is 15.2. The van der Waals surface area contributed by atoms with Gasteiger partial charge < -0.3 is 5.73 Å². The molecule has 0 aliphatic rings. The molecule has 0 atom stereocenters. The maximum atomic E-state index is 5.50. The Morgan fingerprint density at radius 1 is 1.55 bits per heavy atom. The Balaban J connectivity index is 2.87. The van der Waals surface area contributed by atoms with Crippen LogP contribution in [0.2, 0.25) is 0 Å². The summed E-state index contributed by atoms with van der Waals surface area (Å²) in [5, 5.41) is 4.06. The van der Waals surface area contributed by atoms with E-state index in [0.29, 0.717) is 5.82 Å². The monoisotopic (exact) mass is 148 g/mol. The minimum atomic E-state index is 0.529. The van der Waals surface area contributed by atoms with Crippen molar-refractivity contribution in [1.82, 2.24) is 14.6 Å². The van der Waals surface area contributed by atoms with Gasteiger partial charge >= 0.3 is 0 Å². The molecule has 2 aromatic heterocycles. The van der Waals surface area contributed by atoms with E-state index >= 15 is 0 Å². The van der Waals surface area contributed by atoms with Crippen molar-refractivity contribution in [2.45, 2.75) is 6.92 Å². The first-order chi connectivity index (χ1) is 5.27. The Bertz CT molecular complexity index is 390. The third kappa shape index (κ3) is 0.832. The van der Waals surface area contributed by atoms with Crippen LogP contribution < -0.4 is 5.73 Å². The van der Waals surface area contributed by atoms with Crippen molar-refractivity contribution < 1.29 is 0 Å². The molecule has 2 N–H and O–H groups in total. The molecule has 2 rings (SSSR count). The summed E-state index contributed by atoms with van der Waals surface area (Å²) in [5.74, 6) is 0.529. The van der Waals surface area contributed by atoms with Gasteiger partial charge in [0, 0.05) is 6.07 Å². The first kappa shape index (κ1) is 6.15. The van der Waals surface area contributed by atoms with Crippen molar-refractivity contribution >= 4 is 11.3 Å². The fraction of sp³-hybridized carbons (Fsp3) is 0.143. The van der Waals surface area contributed by atoms with Crippen LogP contribution in [0.15, 0.2) is 18.6 Å². The Hall–Kier alpha value is -1.58. The first-order valence-electron chi connectivity index (χ1n) is 3.33. The molecule has 4 nitrogen and oxygen atoms in total. The Labute approximate surface area is 63.7 Å². The summed E-state index contributed by atoms with van der Waals surface area (Å²) >= 11 is 0. The molecule has 4 heteroatoms. The number of nitrogen functional groups attached to an aromatic ring is 1. The van der Waals surface area contributed by atoms with Crippen molar-refractivity contribution in [3.8, 4) is 0 Å². The quantitative estimate of drug-likeness (QED) is 0.595. The average molecular weight is 148 g/mol. The van der Waals surface area contributed by atoms with Crippen LogP contribution in [0.5, 0.6) is 0 Å². The van der Waals surface area contributed by atoms with Gasteiger partial charge in [-0.3, -0.25) is 0 Å². The van der Waals surface area contributed by atoms with Crippen LogP contribution in [0.4, 0.5) is 5.82 Å². The molecule has 0 aliphatic carbocycles. The minimum absolute atomic E-state index is 0.529. The molecule has 56 valence electrons. The fourth-order valence-corrected chi connectivity index (χ4v) is 1.03. The van der Waals surface area contributed by atoms with E-state index in [0.717, 1.165) is 11.1 Å². The van der Waals surface area contributed by atoms with Gasteiger partial charge in [0.25, 0.3) is 0 Å². The van der Waals surface area contributed by atoms with Crippen LogP contribution >= 0.6 is 0 Å². The average Bonchev–Trinajstić information content (AvgIpc) is 2.33. The fourth-order valence-electron chi connectivity index (χ4n) is 1.03. The molecule has 0 spiro atoms. The Morgan fingerprint density at radius 3 is 3.18 bits per heavy atom. The van der Waals surface area contributed by atoms with Gasteiger partial charge in [0.1, 0.15) is 12.1 Å². The van der Waals surface area contributed by atoms with Gasteiger partial charge in [-0.2, -0.15) is 5.10 Å². The summed E-state index contributed by atoms with van der Waals surface area (Å²) in [6, 6.07) is 1.81. The van der Waals surface area contributed by atoms with E-state index in [4.69, 9.17) is 5.73 Å². The molecular weight excluding hydrogens is 140 g/mol. The largest absolute Gasteiger partial charge is 0.384 e. The third-order valence-electron chi connectivity index (χ3n) is 1.63. The lowest BCUT2D eigenvalue weighted by atomic mass is 10.3. The van der Waals surface area contributed by atoms with Gasteiger partial charge in [0.05, 0.1) is 11.7 Å². The number of hydrogen-bond donors (Lipinski definition) is 1. The smallest absolute Gasteiger partial charge is 0.127 e. The summed E-state index contributed by atoms with van der Waals surface area (Å²) in [4.78, 5) is 3.90. The predicted octanol–water partition coefficient (Wildman–Crippen LogP) is 0.620. The van der Waals surface area contributed by atoms with Crippen molar-refractivity contribution in [1.29, 1.82) is 0 Å². The van der Waals surface area contributed by atoms with Crippen molar-refractivity contribution in [3.63, 3.8) is 0 Å². The van der Waals surface area contributed by atoms with Gasteiger partial charge in [-0.25, -0.2) is 9.50 Å². The first-order valence-corrected chi connectivity index (χ1v) is 3.33. The van der Waals surface area contributed by atoms with Crippen LogP contribution in [0.25, 0.3) is 5.52 Å². The van der Waals surface area contributed by atoms with E-state index in [1.165, 1.54) is 0 Å². The summed E-state index contributed by atoms with van der Waals surface area (Å²) in [6.07, 6.45) is 3.40. The molecule has 0 amide bonds. The van der Waals surface area contributed by atoms with Crippen molar-refractivity contribution in [2.75, 3.05) is 5.73 Å². The lowest BCUT2D eigenvalue weighted by Gasteiger charge is -1.93. The Morgan fingerprint density at radius 2 is 2.36 bits per heavy atom. The van der Waals surface area contributed by atoms with Crippen LogP contribution in [0.1, 0.15) is 5.56 Å². The maximum Gasteiger partial charge on any atom is 0.127 e. The minimum Gasteiger partial charge on any atom is -0.384 e. The lowest BCUT2D eigenvalue weighted by Crippen LogP contribution is -1.94. The van der Waals surface area contributed by atoms with Crippen LogP contribution in [-0.4, -0.2) is 14.6 Å². The van der Waals surface area contributed by atoms with E-state index in [9.17, 15) is 0 Å². The molecule has 0 saturated carbocycles. The molecule has 0 aliphatic heterocycles. The van der Waals surface area contributed by atoms with Gasteiger partial charge in [-0.15, -0.1) is 0 Å². The van der Waals surface area contributed by atoms with Crippen LogP contribution in [-0.2, 0) is 0 Å². The van der Waals surface area contributed by atoms with Crippen LogP contribution in [0.3, 0.4) is 0 Å². The summed E-state index contributed by atoms with van der Waals surface area (Å²) in [7, 11) is 0. The molecule has 0 bridgehead atoms. The van der Waals surface area contributed by atoms with Gasteiger partial charge in [-0.05, 0) is 12.5 Å². The number of fused-ring (bicyclic) bond motifs is 1. The maximum absolute atomic E-state index is 5.50. The molecule has 0 fully saturated rings. The molecule has 2 heterocycles. The zero-order valence-electron chi connectivity index (χ0n) is 6.15. The lowest BCUT2D eigenvalue weighted by molar-refractivity contribution is 0.924. The second-order valence-corrected chi connectivity index (χ2v) is 2.47. The van der Waals surface area contributed by atoms with Gasteiger partial charge in [0.15, 0.2) is 0 Å². The molecule has 0 aromatic carbocycles. The third-order valence-corrected chi connectivity index (χ3v) is 1.63. The van der Waals surface area contributed by atoms with Crippen molar-refractivity contribution in [2.24, 2.45) is 0 Å². The highest BCUT2D eigenvalue weighted by molar-refractivity contribution is 5.57. The molecule has 0 saturated heterocycles. The number of nitrogens with two attached hydrogens (primary N) is 1. The molecule has 2 aromatic rings. The number of aryl methyl sites for hydroxylation is 1. The number of hydrogen-bond acceptors (Lipinski definition) is 3. The molecular formula is C7H8N4. The van der Waals surface area contributed by atoms with E-state index in [-0.39, 0.29) is 0 Å². The number of anilines is 1. The molecule has 0 radical (unpaired) electrons. The number of nitrogens with zero attached hydrogens (tertiary/aromatic N) is 3. The summed E-state index contributed by atoms with van der Waals surface area (Å²) < 4.78 is 1.70. The standard InChI is InChI=1S/C7H8N4/c1-5-3-10-11-4-9-7(8)2-6(5)11/h2-4H,8H2,1H3. The Kier molecular flexibility index (Phi) is 1.09. The normalized spacial score (nSPS) is 10.6. The van der Waals surface area contributed by atoms with Crippen molar-refractivity contribution in [3.05, 3.63) is 24.2 Å². The zero-order chi connectivity index (χ0) is 7.84. The highest BCUT2D eigenvalue weighted by Crippen LogP contribution is 2.09. The van der Waals surface area contributed by atoms with E-state index in [1.54, 1.807) is 17.0 Å². The zero-order valence-corrected chi connectivity index (χ0v) is 6.15. The van der Waals surface area contributed by atoms with E-state index in [2.05, 4.69) is 10.1 Å². The highest BCUT2D eigenvalue weighted by Gasteiger charge is 1.98. The number of aromatic nitrogens is 3. The second kappa shape index (κ2) is 1.95. The number of rotatable bonds is 0. The molecule has 0 unspecified atom stereocenters.